The van der Waals surface area contributed by atoms with Crippen molar-refractivity contribution in [3.8, 4) is 0 Å². The Balaban J connectivity index is 1.66. The minimum Gasteiger partial charge on any atom is -0.481 e. The third-order valence-electron chi connectivity index (χ3n) is 3.67. The topological polar surface area (TPSA) is 87.5 Å². The number of piperidine rings is 1. The maximum absolute atomic E-state index is 12.0. The van der Waals surface area contributed by atoms with E-state index in [1.807, 2.05) is 16.9 Å². The molecule has 7 nitrogen and oxygen atoms in total. The lowest BCUT2D eigenvalue weighted by atomic mass is 9.95. The van der Waals surface area contributed by atoms with Crippen LogP contribution in [0.25, 0.3) is 0 Å². The molecule has 116 valence electrons. The average Bonchev–Trinajstić information content (AvgIpc) is 2.96. The molecule has 0 aliphatic carbocycles. The number of likely N-dealkylation sites (tertiary alicyclic amines) is 1. The van der Waals surface area contributed by atoms with Crippen molar-refractivity contribution >= 4 is 12.0 Å². The Morgan fingerprint density at radius 3 is 3.00 bits per heavy atom. The Bertz CT molecular complexity index is 461. The van der Waals surface area contributed by atoms with E-state index >= 15 is 0 Å². The van der Waals surface area contributed by atoms with Crippen molar-refractivity contribution in [2.75, 3.05) is 19.6 Å². The summed E-state index contributed by atoms with van der Waals surface area (Å²) in [5.41, 5.74) is 0. The molecule has 1 aliphatic heterocycles. The minimum atomic E-state index is -0.790. The number of carboxylic acids is 1. The third-order valence-corrected chi connectivity index (χ3v) is 3.67. The highest BCUT2D eigenvalue weighted by Crippen LogP contribution is 2.19. The molecule has 2 rings (SSSR count). The number of nitrogens with one attached hydrogen (secondary N) is 1. The summed E-state index contributed by atoms with van der Waals surface area (Å²) in [7, 11) is 0. The van der Waals surface area contributed by atoms with Crippen molar-refractivity contribution in [1.29, 1.82) is 0 Å². The predicted octanol–water partition coefficient (Wildman–Crippen LogP) is 1.17. The zero-order valence-corrected chi connectivity index (χ0v) is 12.1. The van der Waals surface area contributed by atoms with Crippen LogP contribution in [-0.4, -0.2) is 51.4 Å². The third kappa shape index (κ3) is 5.09. The number of carboxylic acid groups (broad SMARTS) is 1. The number of carbonyl (C=O) groups excluding carboxylic acids is 1. The number of aryl methyl sites for hydroxylation is 1. The van der Waals surface area contributed by atoms with E-state index in [-0.39, 0.29) is 18.4 Å². The molecule has 0 radical (unpaired) electrons. The SMILES string of the molecule is O=C(O)CC1CCCN(C(=O)NCCCn2cccn2)C1. The molecule has 1 aromatic rings. The van der Waals surface area contributed by atoms with Gasteiger partial charge in [-0.05, 0) is 31.2 Å². The number of rotatable bonds is 6. The van der Waals surface area contributed by atoms with Crippen LogP contribution in [0, 0.1) is 5.92 Å². The quantitative estimate of drug-likeness (QED) is 0.771. The van der Waals surface area contributed by atoms with Gasteiger partial charge < -0.3 is 15.3 Å². The van der Waals surface area contributed by atoms with E-state index in [2.05, 4.69) is 10.4 Å². The smallest absolute Gasteiger partial charge is 0.317 e. The van der Waals surface area contributed by atoms with Crippen LogP contribution in [0.3, 0.4) is 0 Å². The van der Waals surface area contributed by atoms with E-state index in [9.17, 15) is 9.59 Å². The van der Waals surface area contributed by atoms with Gasteiger partial charge in [0, 0.05) is 45.0 Å². The lowest BCUT2D eigenvalue weighted by Crippen LogP contribution is -2.46. The van der Waals surface area contributed by atoms with Crippen molar-refractivity contribution < 1.29 is 14.7 Å². The van der Waals surface area contributed by atoms with Crippen LogP contribution in [0.5, 0.6) is 0 Å². The lowest BCUT2D eigenvalue weighted by Gasteiger charge is -2.32. The second-order valence-corrected chi connectivity index (χ2v) is 5.41. The molecule has 0 aromatic carbocycles. The molecule has 2 heterocycles. The Kier molecular flexibility index (Phi) is 5.59. The number of nitrogens with zero attached hydrogens (tertiary/aromatic N) is 3. The molecule has 1 fully saturated rings. The van der Waals surface area contributed by atoms with Crippen molar-refractivity contribution in [3.05, 3.63) is 18.5 Å². The molecule has 0 bridgehead atoms. The van der Waals surface area contributed by atoms with E-state index in [0.717, 1.165) is 25.8 Å². The first kappa shape index (κ1) is 15.3. The van der Waals surface area contributed by atoms with Crippen LogP contribution in [-0.2, 0) is 11.3 Å². The summed E-state index contributed by atoms with van der Waals surface area (Å²) in [4.78, 5) is 24.5. The van der Waals surface area contributed by atoms with Gasteiger partial charge in [0.25, 0.3) is 0 Å². The van der Waals surface area contributed by atoms with Crippen LogP contribution in [0.15, 0.2) is 18.5 Å². The Labute approximate surface area is 123 Å². The maximum atomic E-state index is 12.0. The van der Waals surface area contributed by atoms with Gasteiger partial charge in [-0.1, -0.05) is 0 Å². The van der Waals surface area contributed by atoms with Gasteiger partial charge in [-0.25, -0.2) is 4.79 Å². The highest BCUT2D eigenvalue weighted by molar-refractivity contribution is 5.74. The Morgan fingerprint density at radius 1 is 1.43 bits per heavy atom. The van der Waals surface area contributed by atoms with Crippen LogP contribution < -0.4 is 5.32 Å². The largest absolute Gasteiger partial charge is 0.481 e. The van der Waals surface area contributed by atoms with Crippen molar-refractivity contribution in [3.63, 3.8) is 0 Å². The Hall–Kier alpha value is -2.05. The van der Waals surface area contributed by atoms with Gasteiger partial charge in [0.05, 0.1) is 0 Å². The van der Waals surface area contributed by atoms with E-state index in [4.69, 9.17) is 5.11 Å². The zero-order valence-electron chi connectivity index (χ0n) is 12.1. The molecule has 1 saturated heterocycles. The first-order valence-corrected chi connectivity index (χ1v) is 7.37. The molecule has 1 aliphatic rings. The number of urea groups is 1. The number of carbonyl (C=O) groups is 2. The van der Waals surface area contributed by atoms with Gasteiger partial charge in [-0.15, -0.1) is 0 Å². The second-order valence-electron chi connectivity index (χ2n) is 5.41. The molecule has 2 amide bonds. The van der Waals surface area contributed by atoms with Crippen LogP contribution in [0.1, 0.15) is 25.7 Å². The standard InChI is InChI=1S/C14H22N4O3/c19-13(20)10-12-4-1-7-17(11-12)14(21)15-5-2-8-18-9-3-6-16-18/h3,6,9,12H,1-2,4-5,7-8,10-11H2,(H,15,21)(H,19,20). The van der Waals surface area contributed by atoms with Gasteiger partial charge in [0.2, 0.25) is 0 Å². The van der Waals surface area contributed by atoms with Crippen molar-refractivity contribution in [2.45, 2.75) is 32.2 Å². The van der Waals surface area contributed by atoms with Crippen molar-refractivity contribution in [1.82, 2.24) is 20.0 Å². The predicted molar refractivity (Wildman–Crippen MR) is 76.8 cm³/mol. The molecule has 1 atom stereocenters. The average molecular weight is 294 g/mol. The normalized spacial score (nSPS) is 18.5. The summed E-state index contributed by atoms with van der Waals surface area (Å²) in [6.45, 7) is 2.62. The van der Waals surface area contributed by atoms with Gasteiger partial charge >= 0.3 is 12.0 Å². The minimum absolute atomic E-state index is 0.0751. The molecule has 0 spiro atoms. The highest BCUT2D eigenvalue weighted by atomic mass is 16.4. The maximum Gasteiger partial charge on any atom is 0.317 e. The molecule has 1 unspecified atom stereocenters. The van der Waals surface area contributed by atoms with E-state index in [0.29, 0.717) is 19.6 Å². The fraction of sp³-hybridized carbons (Fsp3) is 0.643. The summed E-state index contributed by atoms with van der Waals surface area (Å²) in [5, 5.41) is 15.8. The van der Waals surface area contributed by atoms with Crippen LogP contribution in [0.2, 0.25) is 0 Å². The van der Waals surface area contributed by atoms with Gasteiger partial charge in [0.1, 0.15) is 0 Å². The first-order chi connectivity index (χ1) is 10.1. The fourth-order valence-electron chi connectivity index (χ4n) is 2.64. The summed E-state index contributed by atoms with van der Waals surface area (Å²) < 4.78 is 1.83. The number of aromatic nitrogens is 2. The summed E-state index contributed by atoms with van der Waals surface area (Å²) >= 11 is 0. The van der Waals surface area contributed by atoms with E-state index in [1.54, 1.807) is 11.1 Å². The van der Waals surface area contributed by atoms with Gasteiger partial charge in [-0.3, -0.25) is 9.48 Å². The number of amides is 2. The molecular weight excluding hydrogens is 272 g/mol. The van der Waals surface area contributed by atoms with E-state index < -0.39 is 5.97 Å². The molecular formula is C14H22N4O3. The van der Waals surface area contributed by atoms with Gasteiger partial charge in [0.15, 0.2) is 0 Å². The molecule has 1 aromatic heterocycles. The molecule has 2 N–H and O–H groups in total. The monoisotopic (exact) mass is 294 g/mol. The van der Waals surface area contributed by atoms with Crippen LogP contribution in [0.4, 0.5) is 4.79 Å². The number of aliphatic carboxylic acids is 1. The number of hydrogen-bond donors (Lipinski definition) is 2. The summed E-state index contributed by atoms with van der Waals surface area (Å²) in [6, 6.07) is 1.78. The molecule has 7 heteroatoms. The fourth-order valence-corrected chi connectivity index (χ4v) is 2.64. The number of hydrogen-bond acceptors (Lipinski definition) is 3. The van der Waals surface area contributed by atoms with Crippen LogP contribution >= 0.6 is 0 Å². The molecule has 0 saturated carbocycles. The second kappa shape index (κ2) is 7.66. The zero-order chi connectivity index (χ0) is 15.1. The van der Waals surface area contributed by atoms with Gasteiger partial charge in [-0.2, -0.15) is 5.10 Å². The molecule has 21 heavy (non-hydrogen) atoms. The Morgan fingerprint density at radius 2 is 2.29 bits per heavy atom. The summed E-state index contributed by atoms with van der Waals surface area (Å²) in [5.74, 6) is -0.715. The first-order valence-electron chi connectivity index (χ1n) is 7.37. The summed E-state index contributed by atoms with van der Waals surface area (Å²) in [6.07, 6.45) is 6.34. The highest BCUT2D eigenvalue weighted by Gasteiger charge is 2.24. The van der Waals surface area contributed by atoms with E-state index in [1.165, 1.54) is 0 Å². The lowest BCUT2D eigenvalue weighted by molar-refractivity contribution is -0.138. The van der Waals surface area contributed by atoms with Crippen molar-refractivity contribution in [2.24, 2.45) is 5.92 Å².